The summed E-state index contributed by atoms with van der Waals surface area (Å²) in [5, 5.41) is 3.98. The Hall–Kier alpha value is -1.20. The summed E-state index contributed by atoms with van der Waals surface area (Å²) in [5.41, 5.74) is 7.17. The average Bonchev–Trinajstić information content (AvgIpc) is 2.80. The van der Waals surface area contributed by atoms with E-state index in [9.17, 15) is 0 Å². The first-order valence-corrected chi connectivity index (χ1v) is 7.16. The smallest absolute Gasteiger partial charge is 0.243 e. The second kappa shape index (κ2) is 6.30. The molecule has 0 amide bonds. The monoisotopic (exact) mass is 323 g/mol. The minimum absolute atomic E-state index is 0.175. The SMILES string of the molecule is CC(C)C[C@@H](N)c1nc(Cc2ccc(Br)cc2)no1. The van der Waals surface area contributed by atoms with Gasteiger partial charge in [0, 0.05) is 10.9 Å². The second-order valence-corrected chi connectivity index (χ2v) is 6.00. The molecule has 0 fully saturated rings. The molecule has 2 rings (SSSR count). The van der Waals surface area contributed by atoms with Crippen molar-refractivity contribution in [2.75, 3.05) is 0 Å². The summed E-state index contributed by atoms with van der Waals surface area (Å²) in [6.07, 6.45) is 1.51. The lowest BCUT2D eigenvalue weighted by Gasteiger charge is -2.08. The highest BCUT2D eigenvalue weighted by molar-refractivity contribution is 9.10. The fraction of sp³-hybridized carbons (Fsp3) is 0.429. The summed E-state index contributed by atoms with van der Waals surface area (Å²) in [7, 11) is 0. The van der Waals surface area contributed by atoms with Crippen molar-refractivity contribution in [2.24, 2.45) is 11.7 Å². The van der Waals surface area contributed by atoms with Crippen molar-refractivity contribution in [1.29, 1.82) is 0 Å². The summed E-state index contributed by atoms with van der Waals surface area (Å²) in [6.45, 7) is 4.25. The molecule has 0 spiro atoms. The number of nitrogens with two attached hydrogens (primary N) is 1. The molecule has 1 aromatic carbocycles. The largest absolute Gasteiger partial charge is 0.338 e. The Labute approximate surface area is 121 Å². The van der Waals surface area contributed by atoms with Gasteiger partial charge in [0.15, 0.2) is 5.82 Å². The van der Waals surface area contributed by atoms with E-state index in [1.165, 1.54) is 0 Å². The van der Waals surface area contributed by atoms with Gasteiger partial charge in [0.05, 0.1) is 6.04 Å². The fourth-order valence-corrected chi connectivity index (χ4v) is 2.15. The number of hydrogen-bond acceptors (Lipinski definition) is 4. The topological polar surface area (TPSA) is 64.9 Å². The normalized spacial score (nSPS) is 12.9. The molecule has 1 aromatic heterocycles. The van der Waals surface area contributed by atoms with E-state index < -0.39 is 0 Å². The quantitative estimate of drug-likeness (QED) is 0.914. The first kappa shape index (κ1) is 14.2. The van der Waals surface area contributed by atoms with Crippen molar-refractivity contribution >= 4 is 15.9 Å². The zero-order chi connectivity index (χ0) is 13.8. The summed E-state index contributed by atoms with van der Waals surface area (Å²) in [6, 6.07) is 7.90. The molecular weight excluding hydrogens is 306 g/mol. The minimum atomic E-state index is -0.175. The number of benzene rings is 1. The highest BCUT2D eigenvalue weighted by Crippen LogP contribution is 2.18. The zero-order valence-corrected chi connectivity index (χ0v) is 12.7. The van der Waals surface area contributed by atoms with Gasteiger partial charge in [-0.1, -0.05) is 47.1 Å². The molecule has 0 aliphatic rings. The Kier molecular flexibility index (Phi) is 4.71. The average molecular weight is 324 g/mol. The zero-order valence-electron chi connectivity index (χ0n) is 11.1. The van der Waals surface area contributed by atoms with E-state index in [2.05, 4.69) is 39.9 Å². The maximum atomic E-state index is 6.02. The van der Waals surface area contributed by atoms with Crippen LogP contribution < -0.4 is 5.73 Å². The third-order valence-corrected chi connectivity index (χ3v) is 3.33. The molecule has 19 heavy (non-hydrogen) atoms. The maximum Gasteiger partial charge on any atom is 0.243 e. The Morgan fingerprint density at radius 3 is 2.58 bits per heavy atom. The molecule has 0 saturated carbocycles. The molecule has 2 N–H and O–H groups in total. The van der Waals surface area contributed by atoms with Gasteiger partial charge in [-0.05, 0) is 30.0 Å². The summed E-state index contributed by atoms with van der Waals surface area (Å²) >= 11 is 3.41. The Balaban J connectivity index is 2.02. The van der Waals surface area contributed by atoms with Crippen molar-refractivity contribution in [2.45, 2.75) is 32.7 Å². The van der Waals surface area contributed by atoms with Crippen LogP contribution in [0.1, 0.15) is 43.6 Å². The van der Waals surface area contributed by atoms with E-state index in [4.69, 9.17) is 10.3 Å². The van der Waals surface area contributed by atoms with Crippen molar-refractivity contribution in [1.82, 2.24) is 10.1 Å². The van der Waals surface area contributed by atoms with Gasteiger partial charge in [0.25, 0.3) is 0 Å². The molecule has 0 aliphatic heterocycles. The van der Waals surface area contributed by atoms with Crippen LogP contribution >= 0.6 is 15.9 Å². The van der Waals surface area contributed by atoms with Gasteiger partial charge in [0.2, 0.25) is 5.89 Å². The van der Waals surface area contributed by atoms with Crippen LogP contribution in [-0.2, 0) is 6.42 Å². The molecule has 0 saturated heterocycles. The van der Waals surface area contributed by atoms with Gasteiger partial charge in [-0.15, -0.1) is 0 Å². The molecular formula is C14H18BrN3O. The molecule has 102 valence electrons. The van der Waals surface area contributed by atoms with Crippen LogP contribution in [0.15, 0.2) is 33.3 Å². The molecule has 2 aromatic rings. The van der Waals surface area contributed by atoms with Crippen LogP contribution in [0.25, 0.3) is 0 Å². The van der Waals surface area contributed by atoms with E-state index in [0.29, 0.717) is 24.1 Å². The highest BCUT2D eigenvalue weighted by Gasteiger charge is 2.16. The number of rotatable bonds is 5. The number of aromatic nitrogens is 2. The Morgan fingerprint density at radius 1 is 1.26 bits per heavy atom. The van der Waals surface area contributed by atoms with E-state index in [0.717, 1.165) is 16.5 Å². The lowest BCUT2D eigenvalue weighted by atomic mass is 10.0. The first-order valence-electron chi connectivity index (χ1n) is 6.37. The van der Waals surface area contributed by atoms with Crippen LogP contribution in [0.2, 0.25) is 0 Å². The third kappa shape index (κ3) is 4.14. The summed E-state index contributed by atoms with van der Waals surface area (Å²) < 4.78 is 6.29. The summed E-state index contributed by atoms with van der Waals surface area (Å²) in [4.78, 5) is 4.37. The van der Waals surface area contributed by atoms with Crippen LogP contribution in [-0.4, -0.2) is 10.1 Å². The lowest BCUT2D eigenvalue weighted by Crippen LogP contribution is -2.13. The maximum absolute atomic E-state index is 6.02. The predicted molar refractivity (Wildman–Crippen MR) is 77.6 cm³/mol. The van der Waals surface area contributed by atoms with Crippen LogP contribution in [0.3, 0.4) is 0 Å². The Morgan fingerprint density at radius 2 is 1.95 bits per heavy atom. The molecule has 5 heteroatoms. The lowest BCUT2D eigenvalue weighted by molar-refractivity contribution is 0.333. The van der Waals surface area contributed by atoms with Gasteiger partial charge in [-0.2, -0.15) is 4.98 Å². The van der Waals surface area contributed by atoms with Gasteiger partial charge in [-0.25, -0.2) is 0 Å². The van der Waals surface area contributed by atoms with Gasteiger partial charge >= 0.3 is 0 Å². The molecule has 0 radical (unpaired) electrons. The fourth-order valence-electron chi connectivity index (χ4n) is 1.88. The van der Waals surface area contributed by atoms with E-state index in [1.807, 2.05) is 24.3 Å². The standard InChI is InChI=1S/C14H18BrN3O/c1-9(2)7-12(16)14-17-13(18-19-14)8-10-3-5-11(15)6-4-10/h3-6,9,12H,7-8,16H2,1-2H3/t12-/m1/s1. The van der Waals surface area contributed by atoms with Gasteiger partial charge in [-0.3, -0.25) is 0 Å². The van der Waals surface area contributed by atoms with Crippen molar-refractivity contribution in [3.8, 4) is 0 Å². The van der Waals surface area contributed by atoms with Crippen LogP contribution in [0, 0.1) is 5.92 Å². The van der Waals surface area contributed by atoms with Crippen LogP contribution in [0.4, 0.5) is 0 Å². The molecule has 0 unspecified atom stereocenters. The molecule has 1 heterocycles. The van der Waals surface area contributed by atoms with Crippen LogP contribution in [0.5, 0.6) is 0 Å². The predicted octanol–water partition coefficient (Wildman–Crippen LogP) is 3.47. The molecule has 4 nitrogen and oxygen atoms in total. The van der Waals surface area contributed by atoms with Gasteiger partial charge in [0.1, 0.15) is 0 Å². The number of nitrogens with zero attached hydrogens (tertiary/aromatic N) is 2. The number of halogens is 1. The number of hydrogen-bond donors (Lipinski definition) is 1. The van der Waals surface area contributed by atoms with Crippen molar-refractivity contribution in [3.63, 3.8) is 0 Å². The minimum Gasteiger partial charge on any atom is -0.338 e. The second-order valence-electron chi connectivity index (χ2n) is 5.09. The summed E-state index contributed by atoms with van der Waals surface area (Å²) in [5.74, 6) is 1.72. The van der Waals surface area contributed by atoms with Crippen molar-refractivity contribution < 1.29 is 4.52 Å². The van der Waals surface area contributed by atoms with Gasteiger partial charge < -0.3 is 10.3 Å². The Bertz CT molecular complexity index is 522. The molecule has 0 bridgehead atoms. The van der Waals surface area contributed by atoms with E-state index in [-0.39, 0.29) is 6.04 Å². The van der Waals surface area contributed by atoms with Crippen molar-refractivity contribution in [3.05, 3.63) is 46.0 Å². The first-order chi connectivity index (χ1) is 9.04. The molecule has 1 atom stereocenters. The third-order valence-electron chi connectivity index (χ3n) is 2.80. The van der Waals surface area contributed by atoms with E-state index >= 15 is 0 Å². The van der Waals surface area contributed by atoms with E-state index in [1.54, 1.807) is 0 Å². The highest BCUT2D eigenvalue weighted by atomic mass is 79.9. The molecule has 0 aliphatic carbocycles.